The molecule has 1 amide bonds. The zero-order valence-electron chi connectivity index (χ0n) is 10.9. The Morgan fingerprint density at radius 3 is 2.41 bits per heavy atom. The van der Waals surface area contributed by atoms with Gasteiger partial charge in [-0.25, -0.2) is 0 Å². The molecule has 0 bridgehead atoms. The molecule has 0 rings (SSSR count). The van der Waals surface area contributed by atoms with Gasteiger partial charge < -0.3 is 14.7 Å². The van der Waals surface area contributed by atoms with Gasteiger partial charge in [0.15, 0.2) is 0 Å². The van der Waals surface area contributed by atoms with Crippen molar-refractivity contribution in [2.24, 2.45) is 5.92 Å². The van der Waals surface area contributed by atoms with E-state index < -0.39 is 5.97 Å². The molecule has 0 aromatic heterocycles. The second kappa shape index (κ2) is 8.98. The minimum absolute atomic E-state index is 0.00272. The second-order valence-corrected chi connectivity index (χ2v) is 4.47. The number of rotatable bonds is 9. The number of hydrogen-bond donors (Lipinski definition) is 1. The van der Waals surface area contributed by atoms with E-state index in [1.165, 1.54) is 0 Å². The minimum Gasteiger partial charge on any atom is -0.481 e. The summed E-state index contributed by atoms with van der Waals surface area (Å²) >= 11 is 0. The maximum absolute atomic E-state index is 11.8. The molecule has 0 aromatic carbocycles. The predicted molar refractivity (Wildman–Crippen MR) is 64.8 cm³/mol. The first-order valence-corrected chi connectivity index (χ1v) is 5.95. The Balaban J connectivity index is 4.14. The van der Waals surface area contributed by atoms with E-state index in [1.807, 2.05) is 13.8 Å². The van der Waals surface area contributed by atoms with Gasteiger partial charge in [0.2, 0.25) is 5.91 Å². The molecular formula is C12H23NO4. The molecule has 0 spiro atoms. The van der Waals surface area contributed by atoms with Gasteiger partial charge in [-0.2, -0.15) is 0 Å². The van der Waals surface area contributed by atoms with Crippen LogP contribution in [0.15, 0.2) is 0 Å². The SMILES string of the molecule is COCCCC(=O)N(CCC(=O)O)CC(C)C. The van der Waals surface area contributed by atoms with Gasteiger partial charge >= 0.3 is 5.97 Å². The molecule has 0 saturated carbocycles. The summed E-state index contributed by atoms with van der Waals surface area (Å²) < 4.78 is 4.89. The third-order valence-corrected chi connectivity index (χ3v) is 2.27. The first-order valence-electron chi connectivity index (χ1n) is 5.95. The molecule has 0 aliphatic heterocycles. The standard InChI is InChI=1S/C12H23NO4/c1-10(2)9-13(7-6-12(15)16)11(14)5-4-8-17-3/h10H,4-9H2,1-3H3,(H,15,16). The third kappa shape index (κ3) is 8.68. The van der Waals surface area contributed by atoms with Crippen LogP contribution in [0.1, 0.15) is 33.1 Å². The quantitative estimate of drug-likeness (QED) is 0.623. The van der Waals surface area contributed by atoms with Crippen molar-refractivity contribution in [3.05, 3.63) is 0 Å². The van der Waals surface area contributed by atoms with E-state index in [0.717, 1.165) is 0 Å². The Morgan fingerprint density at radius 1 is 1.29 bits per heavy atom. The topological polar surface area (TPSA) is 66.8 Å². The molecule has 100 valence electrons. The van der Waals surface area contributed by atoms with Crippen molar-refractivity contribution in [2.45, 2.75) is 33.1 Å². The molecule has 0 aliphatic rings. The molecule has 5 nitrogen and oxygen atoms in total. The molecule has 0 heterocycles. The summed E-state index contributed by atoms with van der Waals surface area (Å²) in [6.45, 7) is 5.48. The molecular weight excluding hydrogens is 222 g/mol. The van der Waals surface area contributed by atoms with Crippen molar-refractivity contribution in [3.8, 4) is 0 Å². The van der Waals surface area contributed by atoms with Crippen LogP contribution in [-0.2, 0) is 14.3 Å². The fraction of sp³-hybridized carbons (Fsp3) is 0.833. The Morgan fingerprint density at radius 2 is 1.94 bits per heavy atom. The summed E-state index contributed by atoms with van der Waals surface area (Å²) in [5.74, 6) is -0.518. The van der Waals surface area contributed by atoms with Crippen LogP contribution >= 0.6 is 0 Å². The molecule has 0 aliphatic carbocycles. The van der Waals surface area contributed by atoms with Crippen LogP contribution < -0.4 is 0 Å². The molecule has 0 atom stereocenters. The summed E-state index contributed by atoms with van der Waals surface area (Å²) in [5, 5.41) is 8.63. The molecule has 5 heteroatoms. The van der Waals surface area contributed by atoms with Crippen LogP contribution in [0.3, 0.4) is 0 Å². The highest BCUT2D eigenvalue weighted by Gasteiger charge is 2.15. The van der Waals surface area contributed by atoms with E-state index in [-0.39, 0.29) is 12.3 Å². The number of carboxylic acids is 1. The van der Waals surface area contributed by atoms with Gasteiger partial charge in [0.05, 0.1) is 6.42 Å². The lowest BCUT2D eigenvalue weighted by atomic mass is 10.2. The van der Waals surface area contributed by atoms with E-state index >= 15 is 0 Å². The van der Waals surface area contributed by atoms with Crippen molar-refractivity contribution in [1.82, 2.24) is 4.90 Å². The van der Waals surface area contributed by atoms with E-state index in [2.05, 4.69) is 0 Å². The van der Waals surface area contributed by atoms with Gasteiger partial charge in [-0.15, -0.1) is 0 Å². The van der Waals surface area contributed by atoms with Gasteiger partial charge in [0.1, 0.15) is 0 Å². The molecule has 0 aromatic rings. The molecule has 0 radical (unpaired) electrons. The largest absolute Gasteiger partial charge is 0.481 e. The fourth-order valence-electron chi connectivity index (χ4n) is 1.52. The highest BCUT2D eigenvalue weighted by atomic mass is 16.5. The number of carbonyl (C=O) groups is 2. The first-order chi connectivity index (χ1) is 7.97. The highest BCUT2D eigenvalue weighted by molar-refractivity contribution is 5.77. The molecule has 0 unspecified atom stereocenters. The number of amides is 1. The molecule has 0 saturated heterocycles. The van der Waals surface area contributed by atoms with E-state index in [1.54, 1.807) is 12.0 Å². The normalized spacial score (nSPS) is 10.6. The van der Waals surface area contributed by atoms with Crippen LogP contribution in [0, 0.1) is 5.92 Å². The van der Waals surface area contributed by atoms with E-state index in [9.17, 15) is 9.59 Å². The van der Waals surface area contributed by atoms with E-state index in [4.69, 9.17) is 9.84 Å². The van der Waals surface area contributed by atoms with Crippen molar-refractivity contribution in [2.75, 3.05) is 26.8 Å². The molecule has 17 heavy (non-hydrogen) atoms. The third-order valence-electron chi connectivity index (χ3n) is 2.27. The van der Waals surface area contributed by atoms with Gasteiger partial charge in [-0.3, -0.25) is 9.59 Å². The Labute approximate surface area is 103 Å². The number of nitrogens with zero attached hydrogens (tertiary/aromatic N) is 1. The number of methoxy groups -OCH3 is 1. The fourth-order valence-corrected chi connectivity index (χ4v) is 1.52. The minimum atomic E-state index is -0.872. The van der Waals surface area contributed by atoms with E-state index in [0.29, 0.717) is 38.5 Å². The lowest BCUT2D eigenvalue weighted by molar-refractivity contribution is -0.138. The van der Waals surface area contributed by atoms with Crippen LogP contribution in [0.25, 0.3) is 0 Å². The number of carboxylic acid groups (broad SMARTS) is 1. The van der Waals surface area contributed by atoms with Crippen molar-refractivity contribution >= 4 is 11.9 Å². The zero-order valence-corrected chi connectivity index (χ0v) is 10.9. The lowest BCUT2D eigenvalue weighted by Gasteiger charge is -2.24. The summed E-state index contributed by atoms with van der Waals surface area (Å²) in [6.07, 6.45) is 1.10. The molecule has 1 N–H and O–H groups in total. The highest BCUT2D eigenvalue weighted by Crippen LogP contribution is 2.04. The summed E-state index contributed by atoms with van der Waals surface area (Å²) in [7, 11) is 1.60. The average Bonchev–Trinajstić information content (AvgIpc) is 2.23. The van der Waals surface area contributed by atoms with Crippen molar-refractivity contribution in [3.63, 3.8) is 0 Å². The lowest BCUT2D eigenvalue weighted by Crippen LogP contribution is -2.35. The summed E-state index contributed by atoms with van der Waals surface area (Å²) in [6, 6.07) is 0. The van der Waals surface area contributed by atoms with Gasteiger partial charge in [0, 0.05) is 33.2 Å². The summed E-state index contributed by atoms with van der Waals surface area (Å²) in [4.78, 5) is 24.0. The Kier molecular flexibility index (Phi) is 8.40. The van der Waals surface area contributed by atoms with Crippen molar-refractivity contribution < 1.29 is 19.4 Å². The van der Waals surface area contributed by atoms with Gasteiger partial charge in [0.25, 0.3) is 0 Å². The predicted octanol–water partition coefficient (Wildman–Crippen LogP) is 1.37. The Bertz CT molecular complexity index is 241. The average molecular weight is 245 g/mol. The van der Waals surface area contributed by atoms with Crippen LogP contribution in [0.2, 0.25) is 0 Å². The maximum atomic E-state index is 11.8. The molecule has 0 fully saturated rings. The second-order valence-electron chi connectivity index (χ2n) is 4.47. The van der Waals surface area contributed by atoms with Crippen LogP contribution in [-0.4, -0.2) is 48.7 Å². The van der Waals surface area contributed by atoms with Crippen LogP contribution in [0.5, 0.6) is 0 Å². The number of aliphatic carboxylic acids is 1. The number of ether oxygens (including phenoxy) is 1. The first kappa shape index (κ1) is 15.9. The summed E-state index contributed by atoms with van der Waals surface area (Å²) in [5.41, 5.74) is 0. The number of carbonyl (C=O) groups excluding carboxylic acids is 1. The van der Waals surface area contributed by atoms with Crippen molar-refractivity contribution in [1.29, 1.82) is 0 Å². The Hall–Kier alpha value is -1.10. The number of hydrogen-bond acceptors (Lipinski definition) is 3. The monoisotopic (exact) mass is 245 g/mol. The van der Waals surface area contributed by atoms with Gasteiger partial charge in [-0.05, 0) is 12.3 Å². The zero-order chi connectivity index (χ0) is 13.3. The van der Waals surface area contributed by atoms with Crippen LogP contribution in [0.4, 0.5) is 0 Å². The maximum Gasteiger partial charge on any atom is 0.305 e. The van der Waals surface area contributed by atoms with Gasteiger partial charge in [-0.1, -0.05) is 13.8 Å². The smallest absolute Gasteiger partial charge is 0.305 e.